The van der Waals surface area contributed by atoms with Crippen LogP contribution in [0.25, 0.3) is 0 Å². The zero-order chi connectivity index (χ0) is 13.9. The zero-order valence-electron chi connectivity index (χ0n) is 12.1. The predicted molar refractivity (Wildman–Crippen MR) is 79.4 cm³/mol. The number of hydrogen-bond donors (Lipinski definition) is 2. The summed E-state index contributed by atoms with van der Waals surface area (Å²) in [5.74, 6) is 0.161. The Balaban J connectivity index is 1.56. The molecule has 1 aromatic carbocycles. The van der Waals surface area contributed by atoms with Crippen LogP contribution in [0.5, 0.6) is 0 Å². The van der Waals surface area contributed by atoms with Gasteiger partial charge in [0.1, 0.15) is 0 Å². The van der Waals surface area contributed by atoms with Crippen molar-refractivity contribution in [2.24, 2.45) is 0 Å². The second-order valence-electron chi connectivity index (χ2n) is 5.99. The Hall–Kier alpha value is -1.39. The van der Waals surface area contributed by atoms with E-state index in [-0.39, 0.29) is 11.9 Å². The fourth-order valence-electron chi connectivity index (χ4n) is 3.09. The van der Waals surface area contributed by atoms with E-state index in [1.54, 1.807) is 0 Å². The third-order valence-corrected chi connectivity index (χ3v) is 4.46. The van der Waals surface area contributed by atoms with E-state index in [0.29, 0.717) is 6.04 Å². The monoisotopic (exact) mass is 273 g/mol. The van der Waals surface area contributed by atoms with Crippen LogP contribution in [0, 0.1) is 0 Å². The number of rotatable bonds is 2. The summed E-state index contributed by atoms with van der Waals surface area (Å²) in [5.41, 5.74) is 2.62. The molecule has 2 heterocycles. The first kappa shape index (κ1) is 13.6. The minimum Gasteiger partial charge on any atom is -0.352 e. The Labute approximate surface area is 120 Å². The molecule has 0 spiro atoms. The molecule has 0 aliphatic carbocycles. The minimum atomic E-state index is -0.0791. The summed E-state index contributed by atoms with van der Waals surface area (Å²) >= 11 is 0. The van der Waals surface area contributed by atoms with E-state index in [1.165, 1.54) is 11.1 Å². The first-order valence-electron chi connectivity index (χ1n) is 7.51. The number of likely N-dealkylation sites (tertiary alicyclic amines) is 1. The van der Waals surface area contributed by atoms with Gasteiger partial charge in [0.15, 0.2) is 0 Å². The molecule has 0 bridgehead atoms. The molecule has 2 aliphatic heterocycles. The van der Waals surface area contributed by atoms with E-state index in [0.717, 1.165) is 38.9 Å². The van der Waals surface area contributed by atoms with E-state index in [1.807, 2.05) is 0 Å². The van der Waals surface area contributed by atoms with Gasteiger partial charge in [-0.15, -0.1) is 0 Å². The summed E-state index contributed by atoms with van der Waals surface area (Å²) in [7, 11) is 2.14. The second kappa shape index (κ2) is 5.94. The molecule has 3 rings (SSSR count). The Morgan fingerprint density at radius 3 is 2.70 bits per heavy atom. The van der Waals surface area contributed by atoms with Gasteiger partial charge in [-0.25, -0.2) is 0 Å². The Morgan fingerprint density at radius 2 is 1.95 bits per heavy atom. The van der Waals surface area contributed by atoms with Crippen LogP contribution >= 0.6 is 0 Å². The predicted octanol–water partition coefficient (Wildman–Crippen LogP) is 0.911. The van der Waals surface area contributed by atoms with Crippen molar-refractivity contribution in [2.75, 3.05) is 20.1 Å². The largest absolute Gasteiger partial charge is 0.352 e. The number of amides is 1. The lowest BCUT2D eigenvalue weighted by atomic mass is 9.95. The first-order valence-corrected chi connectivity index (χ1v) is 7.51. The maximum absolute atomic E-state index is 12.4. The molecule has 1 aromatic rings. The summed E-state index contributed by atoms with van der Waals surface area (Å²) in [6, 6.07) is 8.64. The SMILES string of the molecule is CN1CCC(NC(=O)[C@@H]2Cc3ccccc3CN2)CC1. The van der Waals surface area contributed by atoms with Crippen molar-refractivity contribution in [3.63, 3.8) is 0 Å². The highest BCUT2D eigenvalue weighted by Gasteiger charge is 2.26. The highest BCUT2D eigenvalue weighted by molar-refractivity contribution is 5.82. The third kappa shape index (κ3) is 3.02. The molecule has 2 aliphatic rings. The van der Waals surface area contributed by atoms with E-state index >= 15 is 0 Å². The molecule has 0 radical (unpaired) electrons. The van der Waals surface area contributed by atoms with Crippen LogP contribution < -0.4 is 10.6 Å². The summed E-state index contributed by atoms with van der Waals surface area (Å²) in [5, 5.41) is 6.56. The van der Waals surface area contributed by atoms with Crippen LogP contribution in [-0.4, -0.2) is 43.0 Å². The maximum atomic E-state index is 12.4. The number of nitrogens with one attached hydrogen (secondary N) is 2. The molecule has 0 saturated carbocycles. The van der Waals surface area contributed by atoms with Crippen molar-refractivity contribution >= 4 is 5.91 Å². The van der Waals surface area contributed by atoms with Gasteiger partial charge in [0, 0.05) is 12.6 Å². The molecule has 1 amide bonds. The summed E-state index contributed by atoms with van der Waals surface area (Å²) in [6.45, 7) is 2.94. The van der Waals surface area contributed by atoms with Crippen LogP contribution in [0.4, 0.5) is 0 Å². The minimum absolute atomic E-state index is 0.0791. The topological polar surface area (TPSA) is 44.4 Å². The van der Waals surface area contributed by atoms with Gasteiger partial charge in [0.2, 0.25) is 5.91 Å². The number of carbonyl (C=O) groups is 1. The average molecular weight is 273 g/mol. The van der Waals surface area contributed by atoms with Crippen LogP contribution in [0.3, 0.4) is 0 Å². The molecule has 4 nitrogen and oxygen atoms in total. The molecule has 0 aromatic heterocycles. The van der Waals surface area contributed by atoms with Crippen LogP contribution in [0.1, 0.15) is 24.0 Å². The smallest absolute Gasteiger partial charge is 0.237 e. The van der Waals surface area contributed by atoms with Crippen LogP contribution in [-0.2, 0) is 17.8 Å². The molecule has 4 heteroatoms. The van der Waals surface area contributed by atoms with Gasteiger partial charge in [0.05, 0.1) is 6.04 Å². The number of fused-ring (bicyclic) bond motifs is 1. The molecular weight excluding hydrogens is 250 g/mol. The van der Waals surface area contributed by atoms with Gasteiger partial charge in [-0.3, -0.25) is 4.79 Å². The second-order valence-corrected chi connectivity index (χ2v) is 5.99. The normalized spacial score (nSPS) is 24.1. The molecule has 0 unspecified atom stereocenters. The lowest BCUT2D eigenvalue weighted by Crippen LogP contribution is -2.52. The fourth-order valence-corrected chi connectivity index (χ4v) is 3.09. The van der Waals surface area contributed by atoms with Gasteiger partial charge in [-0.05, 0) is 50.5 Å². The lowest BCUT2D eigenvalue weighted by Gasteiger charge is -2.32. The summed E-state index contributed by atoms with van der Waals surface area (Å²) < 4.78 is 0. The summed E-state index contributed by atoms with van der Waals surface area (Å²) in [4.78, 5) is 14.7. The highest BCUT2D eigenvalue weighted by atomic mass is 16.2. The Bertz CT molecular complexity index is 480. The molecule has 108 valence electrons. The van der Waals surface area contributed by atoms with Gasteiger partial charge in [-0.1, -0.05) is 24.3 Å². The van der Waals surface area contributed by atoms with Crippen molar-refractivity contribution < 1.29 is 4.79 Å². The van der Waals surface area contributed by atoms with E-state index in [4.69, 9.17) is 0 Å². The summed E-state index contributed by atoms with van der Waals surface area (Å²) in [6.07, 6.45) is 2.92. The molecule has 20 heavy (non-hydrogen) atoms. The van der Waals surface area contributed by atoms with Gasteiger partial charge in [0.25, 0.3) is 0 Å². The molecule has 1 fully saturated rings. The first-order chi connectivity index (χ1) is 9.72. The van der Waals surface area contributed by atoms with Crippen molar-refractivity contribution in [3.8, 4) is 0 Å². The number of carbonyl (C=O) groups excluding carboxylic acids is 1. The van der Waals surface area contributed by atoms with Crippen molar-refractivity contribution in [1.29, 1.82) is 0 Å². The lowest BCUT2D eigenvalue weighted by molar-refractivity contribution is -0.124. The molecule has 2 N–H and O–H groups in total. The van der Waals surface area contributed by atoms with Crippen LogP contribution in [0.2, 0.25) is 0 Å². The number of nitrogens with zero attached hydrogens (tertiary/aromatic N) is 1. The van der Waals surface area contributed by atoms with E-state index in [9.17, 15) is 4.79 Å². The average Bonchev–Trinajstić information content (AvgIpc) is 2.49. The van der Waals surface area contributed by atoms with Gasteiger partial charge < -0.3 is 15.5 Å². The van der Waals surface area contributed by atoms with E-state index < -0.39 is 0 Å². The standard InChI is InChI=1S/C16H23N3O/c1-19-8-6-14(7-9-19)18-16(20)15-10-12-4-2-3-5-13(12)11-17-15/h2-5,14-15,17H,6-11H2,1H3,(H,18,20)/t15-/m0/s1. The molecular formula is C16H23N3O. The van der Waals surface area contributed by atoms with Gasteiger partial charge >= 0.3 is 0 Å². The van der Waals surface area contributed by atoms with Crippen molar-refractivity contribution in [3.05, 3.63) is 35.4 Å². The number of hydrogen-bond acceptors (Lipinski definition) is 3. The molecule has 1 atom stereocenters. The number of piperidine rings is 1. The van der Waals surface area contributed by atoms with E-state index in [2.05, 4.69) is 46.8 Å². The molecule has 1 saturated heterocycles. The fraction of sp³-hybridized carbons (Fsp3) is 0.562. The Kier molecular flexibility index (Phi) is 4.03. The quantitative estimate of drug-likeness (QED) is 0.842. The highest BCUT2D eigenvalue weighted by Crippen LogP contribution is 2.17. The van der Waals surface area contributed by atoms with Crippen molar-refractivity contribution in [1.82, 2.24) is 15.5 Å². The third-order valence-electron chi connectivity index (χ3n) is 4.46. The zero-order valence-corrected chi connectivity index (χ0v) is 12.1. The Morgan fingerprint density at radius 1 is 1.25 bits per heavy atom. The maximum Gasteiger partial charge on any atom is 0.237 e. The van der Waals surface area contributed by atoms with Crippen LogP contribution in [0.15, 0.2) is 24.3 Å². The van der Waals surface area contributed by atoms with Gasteiger partial charge in [-0.2, -0.15) is 0 Å². The van der Waals surface area contributed by atoms with Crippen molar-refractivity contribution in [2.45, 2.75) is 37.9 Å². The number of benzene rings is 1.